The van der Waals surface area contributed by atoms with Crippen molar-refractivity contribution in [3.63, 3.8) is 0 Å². The standard InChI is InChI=1S/C14H11NOS2/c1-2-11(16)13-6-5-12(18-13)9-3-4-10-14(7-9)17-8-15-10/h3-8H,2H2,1H3. The van der Waals surface area contributed by atoms with Gasteiger partial charge in [-0.1, -0.05) is 13.0 Å². The topological polar surface area (TPSA) is 30.0 Å². The van der Waals surface area contributed by atoms with Crippen LogP contribution in [0.2, 0.25) is 0 Å². The minimum absolute atomic E-state index is 0.213. The Balaban J connectivity index is 2.03. The maximum absolute atomic E-state index is 11.6. The Labute approximate surface area is 113 Å². The SMILES string of the molecule is CCC(=O)c1ccc(-c2ccc3ncsc3c2)s1. The molecule has 18 heavy (non-hydrogen) atoms. The predicted octanol–water partition coefficient (Wildman–Crippen LogP) is 4.62. The van der Waals surface area contributed by atoms with E-state index >= 15 is 0 Å². The lowest BCUT2D eigenvalue weighted by atomic mass is 10.2. The van der Waals surface area contributed by atoms with Crippen molar-refractivity contribution in [3.8, 4) is 10.4 Å². The molecule has 4 heteroatoms. The first-order valence-corrected chi connectivity index (χ1v) is 7.44. The van der Waals surface area contributed by atoms with Crippen LogP contribution in [0.1, 0.15) is 23.0 Å². The molecule has 2 nitrogen and oxygen atoms in total. The van der Waals surface area contributed by atoms with Crippen LogP contribution in [0.5, 0.6) is 0 Å². The molecule has 0 aliphatic carbocycles. The van der Waals surface area contributed by atoms with E-state index in [1.807, 2.05) is 30.6 Å². The quantitative estimate of drug-likeness (QED) is 0.652. The third kappa shape index (κ3) is 1.98. The summed E-state index contributed by atoms with van der Waals surface area (Å²) in [5.74, 6) is 0.213. The zero-order chi connectivity index (χ0) is 12.5. The number of hydrogen-bond acceptors (Lipinski definition) is 4. The van der Waals surface area contributed by atoms with E-state index < -0.39 is 0 Å². The van der Waals surface area contributed by atoms with Crippen LogP contribution in [0.25, 0.3) is 20.7 Å². The Kier molecular flexibility index (Phi) is 2.97. The number of hydrogen-bond donors (Lipinski definition) is 0. The second-order valence-electron chi connectivity index (χ2n) is 3.98. The number of thiophene rings is 1. The number of ketones is 1. The summed E-state index contributed by atoms with van der Waals surface area (Å²) in [6.45, 7) is 1.89. The average molecular weight is 273 g/mol. The molecule has 0 radical (unpaired) electrons. The first kappa shape index (κ1) is 11.6. The van der Waals surface area contributed by atoms with E-state index in [-0.39, 0.29) is 5.78 Å². The van der Waals surface area contributed by atoms with Crippen LogP contribution in [0, 0.1) is 0 Å². The lowest BCUT2D eigenvalue weighted by Gasteiger charge is -1.97. The number of Topliss-reactive ketones (excluding diaryl/α,β-unsaturated/α-hetero) is 1. The lowest BCUT2D eigenvalue weighted by Crippen LogP contribution is -1.90. The number of aromatic nitrogens is 1. The highest BCUT2D eigenvalue weighted by Gasteiger charge is 2.09. The number of benzene rings is 1. The van der Waals surface area contributed by atoms with Gasteiger partial charge >= 0.3 is 0 Å². The average Bonchev–Trinajstić information content (AvgIpc) is 3.05. The van der Waals surface area contributed by atoms with Crippen LogP contribution >= 0.6 is 22.7 Å². The summed E-state index contributed by atoms with van der Waals surface area (Å²) in [5.41, 5.74) is 4.05. The van der Waals surface area contributed by atoms with Crippen LogP contribution in [0.4, 0.5) is 0 Å². The molecule has 0 amide bonds. The maximum atomic E-state index is 11.6. The molecule has 0 unspecified atom stereocenters. The largest absolute Gasteiger partial charge is 0.293 e. The Hall–Kier alpha value is -1.52. The van der Waals surface area contributed by atoms with Gasteiger partial charge < -0.3 is 0 Å². The van der Waals surface area contributed by atoms with E-state index in [2.05, 4.69) is 17.1 Å². The van der Waals surface area contributed by atoms with E-state index in [1.165, 1.54) is 4.70 Å². The van der Waals surface area contributed by atoms with E-state index in [0.717, 1.165) is 20.8 Å². The van der Waals surface area contributed by atoms with Gasteiger partial charge in [-0.15, -0.1) is 22.7 Å². The molecule has 3 aromatic rings. The molecule has 2 heterocycles. The minimum atomic E-state index is 0.213. The summed E-state index contributed by atoms with van der Waals surface area (Å²) in [6.07, 6.45) is 0.563. The molecule has 0 aliphatic rings. The molecule has 0 saturated heterocycles. The molecule has 90 valence electrons. The lowest BCUT2D eigenvalue weighted by molar-refractivity contribution is 0.0992. The number of carbonyl (C=O) groups excluding carboxylic acids is 1. The first-order valence-electron chi connectivity index (χ1n) is 5.74. The van der Waals surface area contributed by atoms with E-state index in [9.17, 15) is 4.79 Å². The minimum Gasteiger partial charge on any atom is -0.293 e. The molecular formula is C14H11NOS2. The smallest absolute Gasteiger partial charge is 0.172 e. The predicted molar refractivity (Wildman–Crippen MR) is 77.6 cm³/mol. The third-order valence-corrected chi connectivity index (χ3v) is 4.78. The summed E-state index contributed by atoms with van der Waals surface area (Å²) in [7, 11) is 0. The van der Waals surface area contributed by atoms with Gasteiger partial charge in [0.25, 0.3) is 0 Å². The van der Waals surface area contributed by atoms with Gasteiger partial charge in [-0.2, -0.15) is 0 Å². The molecular weight excluding hydrogens is 262 g/mol. The van der Waals surface area contributed by atoms with Gasteiger partial charge in [-0.05, 0) is 29.8 Å². The number of nitrogens with zero attached hydrogens (tertiary/aromatic N) is 1. The first-order chi connectivity index (χ1) is 8.78. The van der Waals surface area contributed by atoms with Crippen LogP contribution < -0.4 is 0 Å². The zero-order valence-electron chi connectivity index (χ0n) is 9.84. The molecule has 0 atom stereocenters. The van der Waals surface area contributed by atoms with Gasteiger partial charge in [0.2, 0.25) is 0 Å². The van der Waals surface area contributed by atoms with Crippen LogP contribution in [-0.2, 0) is 0 Å². The van der Waals surface area contributed by atoms with E-state index in [4.69, 9.17) is 0 Å². The summed E-state index contributed by atoms with van der Waals surface area (Å²) in [6, 6.07) is 10.2. The highest BCUT2D eigenvalue weighted by Crippen LogP contribution is 2.31. The Morgan fingerprint density at radius 3 is 3.00 bits per heavy atom. The zero-order valence-corrected chi connectivity index (χ0v) is 11.5. The molecule has 0 bridgehead atoms. The fourth-order valence-corrected chi connectivity index (χ4v) is 3.55. The third-order valence-electron chi connectivity index (χ3n) is 2.82. The molecule has 2 aromatic heterocycles. The summed E-state index contributed by atoms with van der Waals surface area (Å²) < 4.78 is 1.18. The van der Waals surface area contributed by atoms with Crippen molar-refractivity contribution in [3.05, 3.63) is 40.7 Å². The number of carbonyl (C=O) groups is 1. The highest BCUT2D eigenvalue weighted by atomic mass is 32.1. The van der Waals surface area contributed by atoms with Crippen molar-refractivity contribution in [2.75, 3.05) is 0 Å². The summed E-state index contributed by atoms with van der Waals surface area (Å²) in [4.78, 5) is 17.9. The Bertz CT molecular complexity index is 711. The highest BCUT2D eigenvalue weighted by molar-refractivity contribution is 7.18. The molecule has 0 aliphatic heterocycles. The van der Waals surface area contributed by atoms with Gasteiger partial charge in [0, 0.05) is 11.3 Å². The van der Waals surface area contributed by atoms with E-state index in [0.29, 0.717) is 6.42 Å². The van der Waals surface area contributed by atoms with Crippen molar-refractivity contribution >= 4 is 38.7 Å². The van der Waals surface area contributed by atoms with Gasteiger partial charge in [-0.25, -0.2) is 4.98 Å². The molecule has 0 N–H and O–H groups in total. The normalized spacial score (nSPS) is 10.9. The molecule has 0 saturated carbocycles. The summed E-state index contributed by atoms with van der Waals surface area (Å²) >= 11 is 3.20. The second-order valence-corrected chi connectivity index (χ2v) is 5.95. The van der Waals surface area contributed by atoms with Gasteiger partial charge in [0.05, 0.1) is 20.6 Å². The van der Waals surface area contributed by atoms with Gasteiger partial charge in [0.1, 0.15) is 0 Å². The van der Waals surface area contributed by atoms with Crippen molar-refractivity contribution < 1.29 is 4.79 Å². The number of fused-ring (bicyclic) bond motifs is 1. The number of thiazole rings is 1. The summed E-state index contributed by atoms with van der Waals surface area (Å²) in [5, 5.41) is 0. The Morgan fingerprint density at radius 1 is 1.28 bits per heavy atom. The molecule has 1 aromatic carbocycles. The van der Waals surface area contributed by atoms with Crippen molar-refractivity contribution in [1.29, 1.82) is 0 Å². The fraction of sp³-hybridized carbons (Fsp3) is 0.143. The van der Waals surface area contributed by atoms with Crippen molar-refractivity contribution in [2.24, 2.45) is 0 Å². The second kappa shape index (κ2) is 4.63. The Morgan fingerprint density at radius 2 is 2.17 bits per heavy atom. The van der Waals surface area contributed by atoms with Crippen LogP contribution in [0.3, 0.4) is 0 Å². The molecule has 0 fully saturated rings. The van der Waals surface area contributed by atoms with Crippen molar-refractivity contribution in [1.82, 2.24) is 4.98 Å². The number of rotatable bonds is 3. The van der Waals surface area contributed by atoms with Crippen LogP contribution in [-0.4, -0.2) is 10.8 Å². The van der Waals surface area contributed by atoms with Gasteiger partial charge in [0.15, 0.2) is 5.78 Å². The van der Waals surface area contributed by atoms with Gasteiger partial charge in [-0.3, -0.25) is 4.79 Å². The van der Waals surface area contributed by atoms with Crippen molar-refractivity contribution in [2.45, 2.75) is 13.3 Å². The monoisotopic (exact) mass is 273 g/mol. The molecule has 0 spiro atoms. The van der Waals surface area contributed by atoms with E-state index in [1.54, 1.807) is 22.7 Å². The molecule has 3 rings (SSSR count). The fourth-order valence-electron chi connectivity index (χ4n) is 1.83. The maximum Gasteiger partial charge on any atom is 0.172 e. The van der Waals surface area contributed by atoms with Crippen LogP contribution in [0.15, 0.2) is 35.8 Å².